The summed E-state index contributed by atoms with van der Waals surface area (Å²) >= 11 is 5.06. The van der Waals surface area contributed by atoms with Crippen LogP contribution in [-0.2, 0) is 29.1 Å². The van der Waals surface area contributed by atoms with Gasteiger partial charge in [-0.1, -0.05) is 18.2 Å². The first-order chi connectivity index (χ1) is 14.8. The van der Waals surface area contributed by atoms with Gasteiger partial charge in [0.15, 0.2) is 5.11 Å². The van der Waals surface area contributed by atoms with E-state index in [-0.39, 0.29) is 36.1 Å². The molecule has 3 N–H and O–H groups in total. The van der Waals surface area contributed by atoms with E-state index >= 15 is 0 Å². The van der Waals surface area contributed by atoms with Crippen molar-refractivity contribution in [3.63, 3.8) is 0 Å². The normalized spacial score (nSPS) is 10.7. The van der Waals surface area contributed by atoms with Crippen molar-refractivity contribution >= 4 is 50.6 Å². The fraction of sp³-hybridized carbons (Fsp3) is 0.250. The summed E-state index contributed by atoms with van der Waals surface area (Å²) in [6, 6.07) is 14.4. The lowest BCUT2D eigenvalue weighted by Gasteiger charge is -2.11. The van der Waals surface area contributed by atoms with E-state index in [1.54, 1.807) is 30.3 Å². The van der Waals surface area contributed by atoms with Gasteiger partial charge in [-0.2, -0.15) is 0 Å². The van der Waals surface area contributed by atoms with Gasteiger partial charge in [0.25, 0.3) is 10.0 Å². The van der Waals surface area contributed by atoms with Crippen LogP contribution in [0.1, 0.15) is 12.8 Å². The van der Waals surface area contributed by atoms with Crippen LogP contribution in [0.3, 0.4) is 0 Å². The highest BCUT2D eigenvalue weighted by Crippen LogP contribution is 2.18. The number of hydrogen-bond donors (Lipinski definition) is 3. The molecule has 0 spiro atoms. The number of amides is 1. The SMILES string of the molecule is COCCOC(=O)CCC(=O)NC(=S)Nc1ccc(S(=O)(=O)Nc2ccccc2)cc1. The molecular formula is C20H23N3O6S2. The molecular weight excluding hydrogens is 442 g/mol. The van der Waals surface area contributed by atoms with Gasteiger partial charge in [0.1, 0.15) is 6.61 Å². The highest BCUT2D eigenvalue weighted by Gasteiger charge is 2.14. The largest absolute Gasteiger partial charge is 0.463 e. The Balaban J connectivity index is 1.82. The summed E-state index contributed by atoms with van der Waals surface area (Å²) in [5.74, 6) is -0.959. The van der Waals surface area contributed by atoms with Crippen LogP contribution in [0, 0.1) is 0 Å². The lowest BCUT2D eigenvalue weighted by atomic mass is 10.3. The molecule has 0 fully saturated rings. The number of nitrogens with one attached hydrogen (secondary N) is 3. The third-order valence-electron chi connectivity index (χ3n) is 3.81. The van der Waals surface area contributed by atoms with Crippen molar-refractivity contribution in [1.29, 1.82) is 0 Å². The van der Waals surface area contributed by atoms with Crippen molar-refractivity contribution in [3.05, 3.63) is 54.6 Å². The Labute approximate surface area is 186 Å². The molecule has 31 heavy (non-hydrogen) atoms. The molecule has 0 aliphatic carbocycles. The maximum atomic E-state index is 12.4. The molecule has 2 aromatic rings. The van der Waals surface area contributed by atoms with Crippen molar-refractivity contribution < 1.29 is 27.5 Å². The van der Waals surface area contributed by atoms with E-state index in [1.165, 1.54) is 31.4 Å². The van der Waals surface area contributed by atoms with Crippen molar-refractivity contribution in [3.8, 4) is 0 Å². The topological polar surface area (TPSA) is 123 Å². The molecule has 9 nitrogen and oxygen atoms in total. The quantitative estimate of drug-likeness (QED) is 0.277. The van der Waals surface area contributed by atoms with Crippen LogP contribution in [0.25, 0.3) is 0 Å². The van der Waals surface area contributed by atoms with E-state index in [4.69, 9.17) is 21.7 Å². The Bertz CT molecular complexity index is 995. The summed E-state index contributed by atoms with van der Waals surface area (Å²) in [6.07, 6.45) is -0.172. The third kappa shape index (κ3) is 8.70. The van der Waals surface area contributed by atoms with E-state index in [9.17, 15) is 18.0 Å². The number of carbonyl (C=O) groups excluding carboxylic acids is 2. The molecule has 0 heterocycles. The van der Waals surface area contributed by atoms with Gasteiger partial charge in [-0.05, 0) is 48.6 Å². The van der Waals surface area contributed by atoms with Crippen LogP contribution >= 0.6 is 12.2 Å². The zero-order valence-corrected chi connectivity index (χ0v) is 18.4. The number of carbonyl (C=O) groups is 2. The number of sulfonamides is 1. The molecule has 0 radical (unpaired) electrons. The first kappa shape index (κ1) is 24.3. The van der Waals surface area contributed by atoms with Crippen molar-refractivity contribution in [2.45, 2.75) is 17.7 Å². The Kier molecular flexibility index (Phi) is 9.38. The number of hydrogen-bond acceptors (Lipinski definition) is 7. The minimum atomic E-state index is -3.73. The van der Waals surface area contributed by atoms with Crippen LogP contribution in [0.4, 0.5) is 11.4 Å². The van der Waals surface area contributed by atoms with Crippen LogP contribution in [0.15, 0.2) is 59.5 Å². The zero-order chi connectivity index (χ0) is 22.7. The summed E-state index contributed by atoms with van der Waals surface area (Å²) in [5.41, 5.74) is 0.944. The third-order valence-corrected chi connectivity index (χ3v) is 5.41. The lowest BCUT2D eigenvalue weighted by Crippen LogP contribution is -2.34. The number of para-hydroxylation sites is 1. The molecule has 0 saturated heterocycles. The number of esters is 1. The predicted molar refractivity (Wildman–Crippen MR) is 120 cm³/mol. The van der Waals surface area contributed by atoms with E-state index in [0.29, 0.717) is 11.4 Å². The van der Waals surface area contributed by atoms with E-state index < -0.39 is 21.9 Å². The lowest BCUT2D eigenvalue weighted by molar-refractivity contribution is -0.146. The Morgan fingerprint density at radius 3 is 2.26 bits per heavy atom. The molecule has 2 rings (SSSR count). The predicted octanol–water partition coefficient (Wildman–Crippen LogP) is 2.27. The molecule has 11 heteroatoms. The maximum absolute atomic E-state index is 12.4. The molecule has 0 aliphatic heterocycles. The highest BCUT2D eigenvalue weighted by molar-refractivity contribution is 7.92. The first-order valence-electron chi connectivity index (χ1n) is 9.23. The van der Waals surface area contributed by atoms with Gasteiger partial charge in [0.05, 0.1) is 17.9 Å². The van der Waals surface area contributed by atoms with Crippen molar-refractivity contribution in [1.82, 2.24) is 5.32 Å². The summed E-state index contributed by atoms with van der Waals surface area (Å²) in [5, 5.41) is 5.25. The summed E-state index contributed by atoms with van der Waals surface area (Å²) < 4.78 is 37.0. The van der Waals surface area contributed by atoms with Crippen LogP contribution in [0.5, 0.6) is 0 Å². The van der Waals surface area contributed by atoms with Crippen molar-refractivity contribution in [2.24, 2.45) is 0 Å². The van der Waals surface area contributed by atoms with Gasteiger partial charge in [0, 0.05) is 24.9 Å². The monoisotopic (exact) mass is 465 g/mol. The second-order valence-electron chi connectivity index (χ2n) is 6.21. The van der Waals surface area contributed by atoms with Crippen LogP contribution in [-0.4, -0.2) is 45.7 Å². The smallest absolute Gasteiger partial charge is 0.306 e. The molecule has 0 bridgehead atoms. The number of methoxy groups -OCH3 is 1. The highest BCUT2D eigenvalue weighted by atomic mass is 32.2. The molecule has 1 amide bonds. The number of ether oxygens (including phenoxy) is 2. The molecule has 0 aromatic heterocycles. The summed E-state index contributed by atoms with van der Waals surface area (Å²) in [7, 11) is -2.24. The zero-order valence-electron chi connectivity index (χ0n) is 16.8. The molecule has 0 unspecified atom stereocenters. The van der Waals surface area contributed by atoms with Gasteiger partial charge in [-0.3, -0.25) is 14.3 Å². The fourth-order valence-corrected chi connectivity index (χ4v) is 3.61. The fourth-order valence-electron chi connectivity index (χ4n) is 2.32. The average molecular weight is 466 g/mol. The molecule has 0 saturated carbocycles. The van der Waals surface area contributed by atoms with Crippen molar-refractivity contribution in [2.75, 3.05) is 30.4 Å². The summed E-state index contributed by atoms with van der Waals surface area (Å²) in [6.45, 7) is 0.415. The number of anilines is 2. The molecule has 2 aromatic carbocycles. The Morgan fingerprint density at radius 1 is 0.935 bits per heavy atom. The van der Waals surface area contributed by atoms with Gasteiger partial charge in [0.2, 0.25) is 5.91 Å². The number of benzene rings is 2. The number of rotatable bonds is 10. The average Bonchev–Trinajstić information content (AvgIpc) is 2.73. The molecule has 0 aliphatic rings. The Morgan fingerprint density at radius 2 is 1.61 bits per heavy atom. The van der Waals surface area contributed by atoms with Gasteiger partial charge in [-0.25, -0.2) is 8.42 Å². The standard InChI is InChI=1S/C20H23N3O6S2/c1-28-13-14-29-19(25)12-11-18(24)22-20(30)21-15-7-9-17(10-8-15)31(26,27)23-16-5-3-2-4-6-16/h2-10,23H,11-14H2,1H3,(H2,21,22,24,30). The van der Waals surface area contributed by atoms with Crippen LogP contribution in [0.2, 0.25) is 0 Å². The first-order valence-corrected chi connectivity index (χ1v) is 11.1. The minimum Gasteiger partial charge on any atom is -0.463 e. The molecule has 0 atom stereocenters. The van der Waals surface area contributed by atoms with Gasteiger partial charge < -0.3 is 20.1 Å². The number of thiocarbonyl (C=S) groups is 1. The van der Waals surface area contributed by atoms with Gasteiger partial charge in [-0.15, -0.1) is 0 Å². The Hall–Kier alpha value is -3.02. The van der Waals surface area contributed by atoms with E-state index in [0.717, 1.165) is 0 Å². The maximum Gasteiger partial charge on any atom is 0.306 e. The molecule has 166 valence electrons. The minimum absolute atomic E-state index is 0.0239. The van der Waals surface area contributed by atoms with E-state index in [2.05, 4.69) is 15.4 Å². The summed E-state index contributed by atoms with van der Waals surface area (Å²) in [4.78, 5) is 23.4. The van der Waals surface area contributed by atoms with Gasteiger partial charge >= 0.3 is 5.97 Å². The van der Waals surface area contributed by atoms with Crippen LogP contribution < -0.4 is 15.4 Å². The second-order valence-corrected chi connectivity index (χ2v) is 8.30. The second kappa shape index (κ2) is 12.0. The van der Waals surface area contributed by atoms with E-state index in [1.807, 2.05) is 0 Å².